The molecule has 3 rings (SSSR count). The Morgan fingerprint density at radius 1 is 1.12 bits per heavy atom. The number of urea groups is 1. The Hall–Kier alpha value is -3.19. The second-order valence-corrected chi connectivity index (χ2v) is 5.36. The van der Waals surface area contributed by atoms with Gasteiger partial charge in [-0.15, -0.1) is 0 Å². The van der Waals surface area contributed by atoms with Gasteiger partial charge in [0.15, 0.2) is 0 Å². The summed E-state index contributed by atoms with van der Waals surface area (Å²) in [6.45, 7) is 0. The van der Waals surface area contributed by atoms with Crippen LogP contribution in [-0.4, -0.2) is 16.9 Å². The van der Waals surface area contributed by atoms with Crippen LogP contribution in [0.3, 0.4) is 0 Å². The molecule has 7 nitrogen and oxygen atoms in total. The first kappa shape index (κ1) is 15.7. The number of nitrogens with one attached hydrogen (secondary N) is 1. The Morgan fingerprint density at radius 3 is 2.58 bits per heavy atom. The first-order valence-electron chi connectivity index (χ1n) is 6.83. The number of nitro groups is 1. The third kappa shape index (κ3) is 2.84. The first-order chi connectivity index (χ1) is 11.5. The van der Waals surface area contributed by atoms with E-state index in [1.165, 1.54) is 30.3 Å². The maximum absolute atomic E-state index is 12.5. The van der Waals surface area contributed by atoms with Crippen LogP contribution in [-0.2, 0) is 4.79 Å². The van der Waals surface area contributed by atoms with Crippen molar-refractivity contribution in [2.45, 2.75) is 0 Å². The van der Waals surface area contributed by atoms with Crippen LogP contribution in [0.2, 0.25) is 5.02 Å². The molecule has 0 aliphatic carbocycles. The second-order valence-electron chi connectivity index (χ2n) is 4.92. The zero-order valence-corrected chi connectivity index (χ0v) is 12.9. The lowest BCUT2D eigenvalue weighted by Gasteiger charge is -2.11. The summed E-state index contributed by atoms with van der Waals surface area (Å²) in [5.41, 5.74) is 0.331. The molecule has 8 heteroatoms. The van der Waals surface area contributed by atoms with E-state index in [0.717, 1.165) is 4.90 Å². The van der Waals surface area contributed by atoms with E-state index in [-0.39, 0.29) is 16.9 Å². The number of carbonyl (C=O) groups is 2. The molecular formula is C16H10ClN3O4. The van der Waals surface area contributed by atoms with Gasteiger partial charge in [-0.05, 0) is 30.3 Å². The largest absolute Gasteiger partial charge is 0.333 e. The van der Waals surface area contributed by atoms with Gasteiger partial charge in [0.1, 0.15) is 5.70 Å². The number of imide groups is 1. The van der Waals surface area contributed by atoms with Crippen molar-refractivity contribution in [2.75, 3.05) is 4.90 Å². The van der Waals surface area contributed by atoms with E-state index in [0.29, 0.717) is 10.7 Å². The molecule has 1 heterocycles. The van der Waals surface area contributed by atoms with Gasteiger partial charge >= 0.3 is 6.03 Å². The topological polar surface area (TPSA) is 92.5 Å². The van der Waals surface area contributed by atoms with Crippen molar-refractivity contribution in [2.24, 2.45) is 0 Å². The number of anilines is 1. The minimum Gasteiger partial charge on any atom is -0.302 e. The number of rotatable bonds is 3. The molecule has 24 heavy (non-hydrogen) atoms. The third-order valence-corrected chi connectivity index (χ3v) is 3.61. The van der Waals surface area contributed by atoms with Gasteiger partial charge in [0.25, 0.3) is 11.6 Å². The number of nitrogens with zero attached hydrogens (tertiary/aromatic N) is 2. The van der Waals surface area contributed by atoms with Gasteiger partial charge in [-0.1, -0.05) is 29.8 Å². The highest BCUT2D eigenvalue weighted by atomic mass is 35.5. The van der Waals surface area contributed by atoms with E-state index in [1.807, 2.05) is 0 Å². The molecule has 0 aromatic heterocycles. The number of carbonyl (C=O) groups excluding carboxylic acids is 2. The fourth-order valence-corrected chi connectivity index (χ4v) is 2.50. The molecular weight excluding hydrogens is 334 g/mol. The van der Waals surface area contributed by atoms with Gasteiger partial charge < -0.3 is 5.32 Å². The van der Waals surface area contributed by atoms with E-state index in [4.69, 9.17) is 11.6 Å². The summed E-state index contributed by atoms with van der Waals surface area (Å²) in [5.74, 6) is -0.611. The molecule has 0 saturated carbocycles. The Labute approximate surface area is 141 Å². The molecule has 1 fully saturated rings. The van der Waals surface area contributed by atoms with E-state index in [1.54, 1.807) is 24.3 Å². The van der Waals surface area contributed by atoms with Crippen molar-refractivity contribution >= 4 is 41.0 Å². The SMILES string of the molecule is O=C1N/C(=C\c2ccccc2[N+](=O)[O-])C(=O)N1c1cccc(Cl)c1. The Balaban J connectivity index is 1.99. The highest BCUT2D eigenvalue weighted by Gasteiger charge is 2.35. The molecule has 0 bridgehead atoms. The van der Waals surface area contributed by atoms with Crippen LogP contribution in [0.5, 0.6) is 0 Å². The molecule has 0 spiro atoms. The lowest BCUT2D eigenvalue weighted by atomic mass is 10.1. The zero-order chi connectivity index (χ0) is 17.3. The van der Waals surface area contributed by atoms with Crippen LogP contribution in [0, 0.1) is 10.1 Å². The average molecular weight is 344 g/mol. The van der Waals surface area contributed by atoms with Gasteiger partial charge in [0, 0.05) is 11.1 Å². The van der Waals surface area contributed by atoms with Crippen molar-refractivity contribution in [3.05, 3.63) is 74.9 Å². The maximum Gasteiger partial charge on any atom is 0.333 e. The fourth-order valence-electron chi connectivity index (χ4n) is 2.32. The summed E-state index contributed by atoms with van der Waals surface area (Å²) in [6.07, 6.45) is 1.28. The molecule has 3 amide bonds. The van der Waals surface area contributed by atoms with Crippen LogP contribution >= 0.6 is 11.6 Å². The predicted molar refractivity (Wildman–Crippen MR) is 88.5 cm³/mol. The van der Waals surface area contributed by atoms with E-state index >= 15 is 0 Å². The molecule has 120 valence electrons. The van der Waals surface area contributed by atoms with E-state index < -0.39 is 16.9 Å². The Bertz CT molecular complexity index is 894. The lowest BCUT2D eigenvalue weighted by Crippen LogP contribution is -2.30. The zero-order valence-electron chi connectivity index (χ0n) is 12.1. The smallest absolute Gasteiger partial charge is 0.302 e. The molecule has 1 aliphatic rings. The minimum absolute atomic E-state index is 0.0470. The van der Waals surface area contributed by atoms with E-state index in [2.05, 4.69) is 5.32 Å². The Morgan fingerprint density at radius 2 is 1.88 bits per heavy atom. The number of halogens is 1. The highest BCUT2D eigenvalue weighted by molar-refractivity contribution is 6.32. The van der Waals surface area contributed by atoms with Crippen LogP contribution in [0.1, 0.15) is 5.56 Å². The van der Waals surface area contributed by atoms with Crippen LogP contribution in [0.25, 0.3) is 6.08 Å². The van der Waals surface area contributed by atoms with Gasteiger partial charge in [0.2, 0.25) is 0 Å². The number of para-hydroxylation sites is 1. The van der Waals surface area contributed by atoms with Crippen molar-refractivity contribution < 1.29 is 14.5 Å². The standard InChI is InChI=1S/C16H10ClN3O4/c17-11-5-3-6-12(9-11)19-15(21)13(18-16(19)22)8-10-4-1-2-7-14(10)20(23)24/h1-9H,(H,18,22)/b13-8-. The number of nitro benzene ring substituents is 1. The molecule has 2 aromatic carbocycles. The summed E-state index contributed by atoms with van der Waals surface area (Å²) in [6, 6.07) is 11.6. The monoisotopic (exact) mass is 343 g/mol. The maximum atomic E-state index is 12.5. The quantitative estimate of drug-likeness (QED) is 0.400. The number of amides is 3. The van der Waals surface area contributed by atoms with Gasteiger partial charge in [-0.3, -0.25) is 14.9 Å². The van der Waals surface area contributed by atoms with Crippen molar-refractivity contribution in [3.63, 3.8) is 0 Å². The number of hydrogen-bond donors (Lipinski definition) is 1. The molecule has 0 radical (unpaired) electrons. The lowest BCUT2D eigenvalue weighted by molar-refractivity contribution is -0.385. The summed E-state index contributed by atoms with van der Waals surface area (Å²) in [4.78, 5) is 36.0. The molecule has 1 N–H and O–H groups in total. The summed E-state index contributed by atoms with van der Waals surface area (Å²) < 4.78 is 0. The average Bonchev–Trinajstić information content (AvgIpc) is 2.81. The van der Waals surface area contributed by atoms with Crippen molar-refractivity contribution in [3.8, 4) is 0 Å². The highest BCUT2D eigenvalue weighted by Crippen LogP contribution is 2.26. The molecule has 0 atom stereocenters. The molecule has 1 aliphatic heterocycles. The fraction of sp³-hybridized carbons (Fsp3) is 0. The molecule has 0 unspecified atom stereocenters. The first-order valence-corrected chi connectivity index (χ1v) is 7.21. The number of benzene rings is 2. The molecule has 1 saturated heterocycles. The van der Waals surface area contributed by atoms with Crippen molar-refractivity contribution in [1.82, 2.24) is 5.32 Å². The molecule has 2 aromatic rings. The van der Waals surface area contributed by atoms with Crippen LogP contribution in [0.15, 0.2) is 54.2 Å². The second kappa shape index (κ2) is 6.13. The number of hydrogen-bond acceptors (Lipinski definition) is 4. The Kier molecular flexibility index (Phi) is 4.01. The van der Waals surface area contributed by atoms with Crippen molar-refractivity contribution in [1.29, 1.82) is 0 Å². The predicted octanol–water partition coefficient (Wildman–Crippen LogP) is 3.35. The van der Waals surface area contributed by atoms with Crippen LogP contribution in [0.4, 0.5) is 16.2 Å². The summed E-state index contributed by atoms with van der Waals surface area (Å²) in [7, 11) is 0. The van der Waals surface area contributed by atoms with Crippen LogP contribution < -0.4 is 10.2 Å². The van der Waals surface area contributed by atoms with Gasteiger partial charge in [-0.25, -0.2) is 9.69 Å². The van der Waals surface area contributed by atoms with Gasteiger partial charge in [0.05, 0.1) is 16.2 Å². The van der Waals surface area contributed by atoms with E-state index in [9.17, 15) is 19.7 Å². The summed E-state index contributed by atoms with van der Waals surface area (Å²) >= 11 is 5.88. The minimum atomic E-state index is -0.646. The summed E-state index contributed by atoms with van der Waals surface area (Å²) in [5, 5.41) is 13.8. The van der Waals surface area contributed by atoms with Gasteiger partial charge in [-0.2, -0.15) is 0 Å². The normalized spacial score (nSPS) is 15.7. The third-order valence-electron chi connectivity index (χ3n) is 3.38.